The van der Waals surface area contributed by atoms with Gasteiger partial charge in [0, 0.05) is 19.9 Å². The number of carbonyl (C=O) groups is 1. The summed E-state index contributed by atoms with van der Waals surface area (Å²) in [4.78, 5) is 15.9. The summed E-state index contributed by atoms with van der Waals surface area (Å²) in [6.07, 6.45) is 0.518. The van der Waals surface area contributed by atoms with Crippen LogP contribution in [0.3, 0.4) is 0 Å². The maximum atomic E-state index is 11.8. The molecule has 2 rings (SSSR count). The van der Waals surface area contributed by atoms with Crippen LogP contribution in [0.1, 0.15) is 23.3 Å². The van der Waals surface area contributed by atoms with Crippen molar-refractivity contribution in [3.8, 4) is 0 Å². The molecule has 6 nitrogen and oxygen atoms in total. The van der Waals surface area contributed by atoms with Crippen LogP contribution in [0.2, 0.25) is 0 Å². The average molecular weight is 260 g/mol. The molecule has 1 amide bonds. The number of nitrogens with zero attached hydrogens (tertiary/aromatic N) is 2. The van der Waals surface area contributed by atoms with Crippen molar-refractivity contribution in [2.75, 3.05) is 6.54 Å². The van der Waals surface area contributed by atoms with Crippen molar-refractivity contribution in [3.63, 3.8) is 0 Å². The van der Waals surface area contributed by atoms with Crippen molar-refractivity contribution in [1.82, 2.24) is 15.5 Å². The molecule has 0 bridgehead atoms. The molecule has 0 aliphatic heterocycles. The van der Waals surface area contributed by atoms with E-state index in [-0.39, 0.29) is 5.91 Å². The summed E-state index contributed by atoms with van der Waals surface area (Å²) in [6, 6.07) is 8.58. The topological polar surface area (TPSA) is 94.0 Å². The zero-order chi connectivity index (χ0) is 13.7. The molecular weight excluding hydrogens is 244 g/mol. The van der Waals surface area contributed by atoms with Gasteiger partial charge in [-0.2, -0.15) is 4.98 Å². The highest BCUT2D eigenvalue weighted by atomic mass is 16.5. The van der Waals surface area contributed by atoms with E-state index in [0.29, 0.717) is 24.7 Å². The molecule has 1 atom stereocenters. The average Bonchev–Trinajstić information content (AvgIpc) is 2.84. The SMILES string of the molecule is Cc1nc(CCNC(=O)[C@H](N)c2ccccc2)no1. The Morgan fingerprint density at radius 2 is 2.16 bits per heavy atom. The van der Waals surface area contributed by atoms with Gasteiger partial charge >= 0.3 is 0 Å². The van der Waals surface area contributed by atoms with Gasteiger partial charge < -0.3 is 15.6 Å². The number of hydrogen-bond acceptors (Lipinski definition) is 5. The van der Waals surface area contributed by atoms with Crippen molar-refractivity contribution in [3.05, 3.63) is 47.6 Å². The fourth-order valence-corrected chi connectivity index (χ4v) is 1.66. The van der Waals surface area contributed by atoms with E-state index in [2.05, 4.69) is 15.5 Å². The molecule has 3 N–H and O–H groups in total. The number of hydrogen-bond donors (Lipinski definition) is 2. The molecule has 0 radical (unpaired) electrons. The van der Waals surface area contributed by atoms with Crippen molar-refractivity contribution in [2.45, 2.75) is 19.4 Å². The molecule has 6 heteroatoms. The first-order valence-electron chi connectivity index (χ1n) is 6.04. The molecule has 1 aromatic heterocycles. The fourth-order valence-electron chi connectivity index (χ4n) is 1.66. The molecule has 0 saturated heterocycles. The minimum atomic E-state index is -0.659. The van der Waals surface area contributed by atoms with Crippen LogP contribution in [0.4, 0.5) is 0 Å². The normalized spacial score (nSPS) is 12.1. The lowest BCUT2D eigenvalue weighted by Crippen LogP contribution is -2.35. The molecule has 0 unspecified atom stereocenters. The van der Waals surface area contributed by atoms with Crippen molar-refractivity contribution < 1.29 is 9.32 Å². The van der Waals surface area contributed by atoms with E-state index in [0.717, 1.165) is 5.56 Å². The quantitative estimate of drug-likeness (QED) is 0.826. The van der Waals surface area contributed by atoms with E-state index in [9.17, 15) is 4.79 Å². The largest absolute Gasteiger partial charge is 0.354 e. The number of aryl methyl sites for hydroxylation is 1. The van der Waals surface area contributed by atoms with Gasteiger partial charge in [0.05, 0.1) is 0 Å². The summed E-state index contributed by atoms with van der Waals surface area (Å²) < 4.78 is 4.84. The van der Waals surface area contributed by atoms with Gasteiger partial charge in [0.25, 0.3) is 0 Å². The van der Waals surface area contributed by atoms with Crippen molar-refractivity contribution >= 4 is 5.91 Å². The first kappa shape index (κ1) is 13.2. The second kappa shape index (κ2) is 6.10. The minimum Gasteiger partial charge on any atom is -0.354 e. The highest BCUT2D eigenvalue weighted by Crippen LogP contribution is 2.09. The lowest BCUT2D eigenvalue weighted by molar-refractivity contribution is -0.122. The minimum absolute atomic E-state index is 0.216. The maximum Gasteiger partial charge on any atom is 0.241 e. The number of amides is 1. The summed E-state index contributed by atoms with van der Waals surface area (Å²) in [5.41, 5.74) is 6.65. The van der Waals surface area contributed by atoms with Crippen LogP contribution >= 0.6 is 0 Å². The van der Waals surface area contributed by atoms with Crippen molar-refractivity contribution in [2.24, 2.45) is 5.73 Å². The lowest BCUT2D eigenvalue weighted by atomic mass is 10.1. The summed E-state index contributed by atoms with van der Waals surface area (Å²) in [6.45, 7) is 2.15. The van der Waals surface area contributed by atoms with Crippen LogP contribution in [0.15, 0.2) is 34.9 Å². The van der Waals surface area contributed by atoms with Gasteiger partial charge in [0.2, 0.25) is 11.8 Å². The molecule has 1 aromatic carbocycles. The Balaban J connectivity index is 1.81. The van der Waals surface area contributed by atoms with Gasteiger partial charge in [-0.3, -0.25) is 4.79 Å². The van der Waals surface area contributed by atoms with Crippen LogP contribution in [0, 0.1) is 6.92 Å². The van der Waals surface area contributed by atoms with E-state index in [1.54, 1.807) is 6.92 Å². The Kier molecular flexibility index (Phi) is 4.25. The zero-order valence-electron chi connectivity index (χ0n) is 10.7. The summed E-state index contributed by atoms with van der Waals surface area (Å²) >= 11 is 0. The summed E-state index contributed by atoms with van der Waals surface area (Å²) in [5.74, 6) is 0.875. The Bertz CT molecular complexity index is 539. The zero-order valence-corrected chi connectivity index (χ0v) is 10.7. The lowest BCUT2D eigenvalue weighted by Gasteiger charge is -2.11. The van der Waals surface area contributed by atoms with E-state index < -0.39 is 6.04 Å². The second-order valence-corrected chi connectivity index (χ2v) is 4.16. The number of nitrogens with two attached hydrogens (primary N) is 1. The third kappa shape index (κ3) is 3.62. The second-order valence-electron chi connectivity index (χ2n) is 4.16. The first-order chi connectivity index (χ1) is 9.16. The molecule has 19 heavy (non-hydrogen) atoms. The molecule has 0 aliphatic carbocycles. The molecule has 2 aromatic rings. The molecule has 0 aliphatic rings. The third-order valence-corrected chi connectivity index (χ3v) is 2.66. The maximum absolute atomic E-state index is 11.8. The Morgan fingerprint density at radius 1 is 1.42 bits per heavy atom. The van der Waals surface area contributed by atoms with Crippen LogP contribution in [0.25, 0.3) is 0 Å². The Labute approximate surface area is 111 Å². The number of carbonyl (C=O) groups excluding carboxylic acids is 1. The standard InChI is InChI=1S/C13H16N4O2/c1-9-16-11(17-19-9)7-8-15-13(18)12(14)10-5-3-2-4-6-10/h2-6,12H,7-8,14H2,1H3,(H,15,18)/t12-/m1/s1. The Morgan fingerprint density at radius 3 is 2.79 bits per heavy atom. The molecule has 1 heterocycles. The molecule has 0 saturated carbocycles. The van der Waals surface area contributed by atoms with Gasteiger partial charge in [0.1, 0.15) is 6.04 Å². The van der Waals surface area contributed by atoms with Crippen LogP contribution in [0.5, 0.6) is 0 Å². The van der Waals surface area contributed by atoms with Crippen LogP contribution in [-0.4, -0.2) is 22.6 Å². The number of benzene rings is 1. The predicted octanol–water partition coefficient (Wildman–Crippen LogP) is 0.737. The van der Waals surface area contributed by atoms with Gasteiger partial charge in [-0.1, -0.05) is 35.5 Å². The van der Waals surface area contributed by atoms with E-state index in [1.165, 1.54) is 0 Å². The Hall–Kier alpha value is -2.21. The highest BCUT2D eigenvalue weighted by molar-refractivity contribution is 5.82. The molecular formula is C13H16N4O2. The third-order valence-electron chi connectivity index (χ3n) is 2.66. The number of nitrogens with one attached hydrogen (secondary N) is 1. The summed E-state index contributed by atoms with van der Waals surface area (Å²) in [5, 5.41) is 6.50. The summed E-state index contributed by atoms with van der Waals surface area (Å²) in [7, 11) is 0. The van der Waals surface area contributed by atoms with Crippen molar-refractivity contribution in [1.29, 1.82) is 0 Å². The van der Waals surface area contributed by atoms with E-state index >= 15 is 0 Å². The van der Waals surface area contributed by atoms with E-state index in [4.69, 9.17) is 10.3 Å². The van der Waals surface area contributed by atoms with Gasteiger partial charge in [-0.15, -0.1) is 0 Å². The van der Waals surface area contributed by atoms with Gasteiger partial charge in [-0.05, 0) is 5.56 Å². The smallest absolute Gasteiger partial charge is 0.241 e. The predicted molar refractivity (Wildman–Crippen MR) is 69.1 cm³/mol. The monoisotopic (exact) mass is 260 g/mol. The number of aromatic nitrogens is 2. The van der Waals surface area contributed by atoms with Gasteiger partial charge in [0.15, 0.2) is 5.82 Å². The number of rotatable bonds is 5. The van der Waals surface area contributed by atoms with E-state index in [1.807, 2.05) is 30.3 Å². The fraction of sp³-hybridized carbons (Fsp3) is 0.308. The highest BCUT2D eigenvalue weighted by Gasteiger charge is 2.14. The molecule has 0 fully saturated rings. The molecule has 100 valence electrons. The molecule has 0 spiro atoms. The van der Waals surface area contributed by atoms with Gasteiger partial charge in [-0.25, -0.2) is 0 Å². The van der Waals surface area contributed by atoms with Crippen LogP contribution in [-0.2, 0) is 11.2 Å². The first-order valence-corrected chi connectivity index (χ1v) is 6.04. The van der Waals surface area contributed by atoms with Crippen LogP contribution < -0.4 is 11.1 Å².